The van der Waals surface area contributed by atoms with Gasteiger partial charge < -0.3 is 19.5 Å². The second-order valence-electron chi connectivity index (χ2n) is 9.62. The number of anilines is 1. The molecule has 1 amide bonds. The summed E-state index contributed by atoms with van der Waals surface area (Å²) < 4.78 is 11.1. The van der Waals surface area contributed by atoms with Crippen molar-refractivity contribution >= 4 is 17.6 Å². The summed E-state index contributed by atoms with van der Waals surface area (Å²) >= 11 is 0. The number of nitrogens with zero attached hydrogens (tertiary/aromatic N) is 1. The van der Waals surface area contributed by atoms with Gasteiger partial charge in [0.1, 0.15) is 5.75 Å². The van der Waals surface area contributed by atoms with Gasteiger partial charge in [0.15, 0.2) is 0 Å². The Morgan fingerprint density at radius 1 is 0.935 bits per heavy atom. The van der Waals surface area contributed by atoms with Crippen molar-refractivity contribution in [2.45, 2.75) is 89.4 Å². The Bertz CT molecular complexity index is 789. The van der Waals surface area contributed by atoms with Gasteiger partial charge in [-0.15, -0.1) is 0 Å². The number of hydrogen-bond donors (Lipinski definition) is 1. The molecule has 0 aliphatic heterocycles. The Labute approximate surface area is 184 Å². The van der Waals surface area contributed by atoms with Crippen molar-refractivity contribution in [3.63, 3.8) is 0 Å². The minimum Gasteiger partial charge on any atom is -0.508 e. The maximum absolute atomic E-state index is 13.8. The second kappa shape index (κ2) is 9.60. The van der Waals surface area contributed by atoms with E-state index < -0.39 is 5.97 Å². The van der Waals surface area contributed by atoms with Gasteiger partial charge in [-0.1, -0.05) is 6.92 Å². The molecule has 0 saturated heterocycles. The van der Waals surface area contributed by atoms with E-state index in [4.69, 9.17) is 9.47 Å². The number of rotatable bonds is 6. The van der Waals surface area contributed by atoms with E-state index in [0.29, 0.717) is 17.7 Å². The lowest BCUT2D eigenvalue weighted by atomic mass is 9.81. The summed E-state index contributed by atoms with van der Waals surface area (Å²) in [6.45, 7) is 2.24. The minimum atomic E-state index is -0.535. The number of phenolic OH excluding ortho intramolecular Hbond substituents is 1. The summed E-state index contributed by atoms with van der Waals surface area (Å²) in [5, 5.41) is 9.99. The molecule has 3 saturated carbocycles. The Kier molecular flexibility index (Phi) is 6.85. The van der Waals surface area contributed by atoms with Gasteiger partial charge in [-0.05, 0) is 88.3 Å². The number of esters is 1. The fraction of sp³-hybridized carbons (Fsp3) is 0.680. The molecule has 4 rings (SSSR count). The summed E-state index contributed by atoms with van der Waals surface area (Å²) in [5.41, 5.74) is 0.802. The van der Waals surface area contributed by atoms with Crippen molar-refractivity contribution in [2.75, 3.05) is 12.0 Å². The number of hydrogen-bond acceptors (Lipinski definition) is 5. The van der Waals surface area contributed by atoms with Crippen LogP contribution < -0.4 is 4.90 Å². The van der Waals surface area contributed by atoms with Crippen LogP contribution in [0.25, 0.3) is 0 Å². The zero-order valence-electron chi connectivity index (χ0n) is 18.7. The summed E-state index contributed by atoms with van der Waals surface area (Å²) in [4.78, 5) is 28.2. The van der Waals surface area contributed by atoms with Gasteiger partial charge in [-0.2, -0.15) is 0 Å². The monoisotopic (exact) mass is 429 g/mol. The SMILES string of the molecule is COC(=O)c1cc(O)ccc1N(C(=O)C1CCC(C)CC1)C1CCC(OC2CC2)CC1. The molecule has 6 nitrogen and oxygen atoms in total. The first-order valence-corrected chi connectivity index (χ1v) is 11.9. The highest BCUT2D eigenvalue weighted by atomic mass is 16.5. The van der Waals surface area contributed by atoms with Crippen LogP contribution in [0.4, 0.5) is 5.69 Å². The number of benzene rings is 1. The molecule has 1 aromatic carbocycles. The van der Waals surface area contributed by atoms with Crippen LogP contribution in [0.2, 0.25) is 0 Å². The number of ether oxygens (including phenoxy) is 2. The molecule has 3 fully saturated rings. The van der Waals surface area contributed by atoms with Gasteiger partial charge >= 0.3 is 5.97 Å². The topological polar surface area (TPSA) is 76.1 Å². The van der Waals surface area contributed by atoms with Crippen molar-refractivity contribution in [1.82, 2.24) is 0 Å². The van der Waals surface area contributed by atoms with Gasteiger partial charge in [0.05, 0.1) is 30.6 Å². The van der Waals surface area contributed by atoms with Crippen LogP contribution in [0.1, 0.15) is 81.5 Å². The van der Waals surface area contributed by atoms with E-state index in [1.54, 1.807) is 12.1 Å². The third kappa shape index (κ3) is 5.22. The second-order valence-corrected chi connectivity index (χ2v) is 9.62. The Morgan fingerprint density at radius 2 is 1.55 bits per heavy atom. The van der Waals surface area contributed by atoms with E-state index in [9.17, 15) is 14.7 Å². The largest absolute Gasteiger partial charge is 0.508 e. The predicted molar refractivity (Wildman–Crippen MR) is 118 cm³/mol. The molecule has 0 bridgehead atoms. The molecule has 0 atom stereocenters. The minimum absolute atomic E-state index is 0.00965. The van der Waals surface area contributed by atoms with Crippen LogP contribution in [-0.2, 0) is 14.3 Å². The van der Waals surface area contributed by atoms with E-state index in [2.05, 4.69) is 6.92 Å². The van der Waals surface area contributed by atoms with Crippen molar-refractivity contribution in [3.8, 4) is 5.75 Å². The Balaban J connectivity index is 1.60. The lowest BCUT2D eigenvalue weighted by Crippen LogP contribution is -2.47. The van der Waals surface area contributed by atoms with Crippen LogP contribution in [-0.4, -0.2) is 42.3 Å². The third-order valence-corrected chi connectivity index (χ3v) is 7.17. The molecule has 3 aliphatic rings. The number of carbonyl (C=O) groups excluding carboxylic acids is 2. The molecule has 0 heterocycles. The van der Waals surface area contributed by atoms with E-state index in [1.165, 1.54) is 26.0 Å². The summed E-state index contributed by atoms with van der Waals surface area (Å²) in [7, 11) is 1.32. The van der Waals surface area contributed by atoms with E-state index in [1.807, 2.05) is 4.90 Å². The first-order valence-electron chi connectivity index (χ1n) is 11.9. The van der Waals surface area contributed by atoms with Gasteiger partial charge in [0.25, 0.3) is 0 Å². The third-order valence-electron chi connectivity index (χ3n) is 7.17. The van der Waals surface area contributed by atoms with Crippen LogP contribution in [0.15, 0.2) is 18.2 Å². The quantitative estimate of drug-likeness (QED) is 0.656. The van der Waals surface area contributed by atoms with Crippen LogP contribution in [0.5, 0.6) is 5.75 Å². The van der Waals surface area contributed by atoms with Crippen LogP contribution in [0.3, 0.4) is 0 Å². The average molecular weight is 430 g/mol. The van der Waals surface area contributed by atoms with Gasteiger partial charge in [0, 0.05) is 12.0 Å². The van der Waals surface area contributed by atoms with E-state index in [0.717, 1.165) is 51.4 Å². The van der Waals surface area contributed by atoms with Crippen molar-refractivity contribution < 1.29 is 24.2 Å². The maximum Gasteiger partial charge on any atom is 0.340 e. The zero-order chi connectivity index (χ0) is 22.0. The molecule has 0 spiro atoms. The Morgan fingerprint density at radius 3 is 2.13 bits per heavy atom. The maximum atomic E-state index is 13.8. The van der Waals surface area contributed by atoms with Crippen molar-refractivity contribution in [3.05, 3.63) is 23.8 Å². The molecule has 3 aliphatic carbocycles. The molecular formula is C25H35NO5. The number of amides is 1. The molecule has 31 heavy (non-hydrogen) atoms. The van der Waals surface area contributed by atoms with Gasteiger partial charge in [-0.3, -0.25) is 4.79 Å². The summed E-state index contributed by atoms with van der Waals surface area (Å²) in [6.07, 6.45) is 10.5. The van der Waals surface area contributed by atoms with Crippen LogP contribution >= 0.6 is 0 Å². The standard InChI is InChI=1S/C25H35NO5/c1-16-3-5-17(6-4-16)24(28)26(18-7-10-20(11-8-18)31-21-12-13-21)23-14-9-19(27)15-22(23)25(29)30-2/h9,14-18,20-21,27H,3-8,10-13H2,1-2H3. The molecule has 0 radical (unpaired) electrons. The number of methoxy groups -OCH3 is 1. The average Bonchev–Trinajstić information content (AvgIpc) is 3.60. The van der Waals surface area contributed by atoms with Crippen LogP contribution in [0, 0.1) is 11.8 Å². The zero-order valence-corrected chi connectivity index (χ0v) is 18.7. The first-order chi connectivity index (χ1) is 15.0. The van der Waals surface area contributed by atoms with Crippen molar-refractivity contribution in [1.29, 1.82) is 0 Å². The fourth-order valence-electron chi connectivity index (χ4n) is 5.12. The molecule has 0 unspecified atom stereocenters. The molecular weight excluding hydrogens is 394 g/mol. The number of phenols is 1. The highest BCUT2D eigenvalue weighted by molar-refractivity contribution is 6.04. The fourth-order valence-corrected chi connectivity index (χ4v) is 5.12. The normalized spacial score (nSPS) is 28.7. The van der Waals surface area contributed by atoms with Gasteiger partial charge in [-0.25, -0.2) is 4.79 Å². The number of carbonyl (C=O) groups is 2. The molecule has 170 valence electrons. The van der Waals surface area contributed by atoms with Crippen molar-refractivity contribution in [2.24, 2.45) is 11.8 Å². The predicted octanol–water partition coefficient (Wildman–Crippen LogP) is 4.83. The lowest BCUT2D eigenvalue weighted by Gasteiger charge is -2.40. The highest BCUT2D eigenvalue weighted by Gasteiger charge is 2.38. The molecule has 1 N–H and O–H groups in total. The smallest absolute Gasteiger partial charge is 0.340 e. The summed E-state index contributed by atoms with van der Waals surface area (Å²) in [5.74, 6) is 0.202. The van der Waals surface area contributed by atoms with Gasteiger partial charge in [0.2, 0.25) is 5.91 Å². The Hall–Kier alpha value is -2.08. The highest BCUT2D eigenvalue weighted by Crippen LogP contribution is 2.38. The van der Waals surface area contributed by atoms with E-state index in [-0.39, 0.29) is 35.3 Å². The first kappa shape index (κ1) is 22.1. The number of aromatic hydroxyl groups is 1. The molecule has 1 aromatic rings. The lowest BCUT2D eigenvalue weighted by molar-refractivity contribution is -0.124. The van der Waals surface area contributed by atoms with E-state index >= 15 is 0 Å². The molecule has 6 heteroatoms. The summed E-state index contributed by atoms with van der Waals surface area (Å²) in [6, 6.07) is 4.68. The molecule has 0 aromatic heterocycles.